The van der Waals surface area contributed by atoms with Crippen LogP contribution in [0.4, 0.5) is 0 Å². The Kier molecular flexibility index (Phi) is 8.67. The number of rotatable bonds is 8. The summed E-state index contributed by atoms with van der Waals surface area (Å²) in [4.78, 5) is 0. The van der Waals surface area contributed by atoms with Gasteiger partial charge in [0.15, 0.2) is 0 Å². The molecule has 2 heteroatoms. The van der Waals surface area contributed by atoms with E-state index in [9.17, 15) is 0 Å². The molecule has 1 N–H and O–H groups in total. The summed E-state index contributed by atoms with van der Waals surface area (Å²) in [6.45, 7) is 11.5. The predicted octanol–water partition coefficient (Wildman–Crippen LogP) is 3.07. The van der Waals surface area contributed by atoms with Crippen LogP contribution in [0.2, 0.25) is 0 Å². The number of nitrogens with one attached hydrogen (secondary N) is 1. The summed E-state index contributed by atoms with van der Waals surface area (Å²) in [5.74, 6) is 2.51. The van der Waals surface area contributed by atoms with E-state index in [0.29, 0.717) is 6.04 Å². The molecular formula is C11H23NS. The lowest BCUT2D eigenvalue weighted by Gasteiger charge is -2.12. The van der Waals surface area contributed by atoms with Gasteiger partial charge in [-0.25, -0.2) is 0 Å². The van der Waals surface area contributed by atoms with Crippen molar-refractivity contribution in [1.29, 1.82) is 0 Å². The van der Waals surface area contributed by atoms with Crippen molar-refractivity contribution < 1.29 is 0 Å². The highest BCUT2D eigenvalue weighted by atomic mass is 32.2. The van der Waals surface area contributed by atoms with Crippen molar-refractivity contribution in [2.24, 2.45) is 0 Å². The van der Waals surface area contributed by atoms with Gasteiger partial charge < -0.3 is 5.32 Å². The van der Waals surface area contributed by atoms with Crippen molar-refractivity contribution in [3.63, 3.8) is 0 Å². The maximum absolute atomic E-state index is 3.88. The molecule has 0 bridgehead atoms. The van der Waals surface area contributed by atoms with E-state index in [1.165, 1.54) is 23.5 Å². The van der Waals surface area contributed by atoms with Crippen molar-refractivity contribution >= 4 is 11.8 Å². The minimum atomic E-state index is 0.651. The molecule has 1 atom stereocenters. The van der Waals surface area contributed by atoms with Gasteiger partial charge in [-0.05, 0) is 44.7 Å². The van der Waals surface area contributed by atoms with Gasteiger partial charge in [-0.3, -0.25) is 0 Å². The Labute approximate surface area is 87.4 Å². The molecule has 0 spiro atoms. The Balaban J connectivity index is 3.19. The van der Waals surface area contributed by atoms with E-state index >= 15 is 0 Å². The molecule has 0 aliphatic rings. The van der Waals surface area contributed by atoms with Crippen LogP contribution < -0.4 is 5.32 Å². The molecule has 0 aromatic rings. The molecule has 1 nitrogen and oxygen atoms in total. The van der Waals surface area contributed by atoms with E-state index in [4.69, 9.17) is 0 Å². The fraction of sp³-hybridized carbons (Fsp3) is 0.818. The molecule has 1 unspecified atom stereocenters. The van der Waals surface area contributed by atoms with Gasteiger partial charge >= 0.3 is 0 Å². The lowest BCUT2D eigenvalue weighted by atomic mass is 10.2. The first-order valence-electron chi connectivity index (χ1n) is 5.12. The highest BCUT2D eigenvalue weighted by Crippen LogP contribution is 2.04. The van der Waals surface area contributed by atoms with Crippen LogP contribution in [0.15, 0.2) is 12.2 Å². The van der Waals surface area contributed by atoms with Crippen LogP contribution in [0.5, 0.6) is 0 Å². The average Bonchev–Trinajstić information content (AvgIpc) is 2.04. The number of thioether (sulfide) groups is 1. The SMILES string of the molecule is C=C(C)CCNC(C)CCSCC. The summed E-state index contributed by atoms with van der Waals surface area (Å²) in [7, 11) is 0. The van der Waals surface area contributed by atoms with Crippen molar-refractivity contribution in [3.05, 3.63) is 12.2 Å². The van der Waals surface area contributed by atoms with E-state index in [1.54, 1.807) is 0 Å². The third kappa shape index (κ3) is 9.97. The zero-order chi connectivity index (χ0) is 10.1. The molecule has 0 aliphatic heterocycles. The zero-order valence-corrected chi connectivity index (χ0v) is 10.0. The average molecular weight is 201 g/mol. The largest absolute Gasteiger partial charge is 0.314 e. The smallest absolute Gasteiger partial charge is 0.00467 e. The van der Waals surface area contributed by atoms with Crippen LogP contribution in [0.3, 0.4) is 0 Å². The Morgan fingerprint density at radius 1 is 1.54 bits per heavy atom. The van der Waals surface area contributed by atoms with Crippen LogP contribution in [-0.4, -0.2) is 24.1 Å². The highest BCUT2D eigenvalue weighted by Gasteiger charge is 1.99. The van der Waals surface area contributed by atoms with Gasteiger partial charge in [-0.2, -0.15) is 11.8 Å². The summed E-state index contributed by atoms with van der Waals surface area (Å²) < 4.78 is 0. The van der Waals surface area contributed by atoms with Crippen LogP contribution >= 0.6 is 11.8 Å². The molecule has 0 saturated heterocycles. The summed E-state index contributed by atoms with van der Waals surface area (Å²) in [5.41, 5.74) is 1.27. The van der Waals surface area contributed by atoms with Gasteiger partial charge in [0, 0.05) is 6.04 Å². The monoisotopic (exact) mass is 201 g/mol. The van der Waals surface area contributed by atoms with Gasteiger partial charge in [0.05, 0.1) is 0 Å². The first kappa shape index (κ1) is 13.1. The molecule has 0 amide bonds. The lowest BCUT2D eigenvalue weighted by molar-refractivity contribution is 0.540. The van der Waals surface area contributed by atoms with Crippen molar-refractivity contribution in [3.8, 4) is 0 Å². The molecule has 0 aliphatic carbocycles. The normalized spacial score (nSPS) is 12.8. The van der Waals surface area contributed by atoms with Gasteiger partial charge in [0.25, 0.3) is 0 Å². The standard InChI is InChI=1S/C11H23NS/c1-5-13-9-7-11(4)12-8-6-10(2)3/h11-12H,2,5-9H2,1,3-4H3. The molecule has 0 heterocycles. The molecule has 0 saturated carbocycles. The summed E-state index contributed by atoms with van der Waals surface area (Å²) in [6, 6.07) is 0.651. The number of hydrogen-bond donors (Lipinski definition) is 1. The third-order valence-electron chi connectivity index (χ3n) is 1.94. The molecule has 0 fully saturated rings. The lowest BCUT2D eigenvalue weighted by Crippen LogP contribution is -2.27. The van der Waals surface area contributed by atoms with E-state index in [0.717, 1.165) is 13.0 Å². The molecule has 0 aromatic carbocycles. The number of hydrogen-bond acceptors (Lipinski definition) is 2. The van der Waals surface area contributed by atoms with Crippen LogP contribution in [0.25, 0.3) is 0 Å². The van der Waals surface area contributed by atoms with E-state index < -0.39 is 0 Å². The van der Waals surface area contributed by atoms with Crippen LogP contribution in [0, 0.1) is 0 Å². The van der Waals surface area contributed by atoms with Gasteiger partial charge in [-0.15, -0.1) is 6.58 Å². The van der Waals surface area contributed by atoms with Crippen LogP contribution in [-0.2, 0) is 0 Å². The van der Waals surface area contributed by atoms with Crippen molar-refractivity contribution in [2.75, 3.05) is 18.1 Å². The van der Waals surface area contributed by atoms with Gasteiger partial charge in [0.2, 0.25) is 0 Å². The third-order valence-corrected chi connectivity index (χ3v) is 2.88. The first-order valence-corrected chi connectivity index (χ1v) is 6.27. The Bertz CT molecular complexity index is 134. The van der Waals surface area contributed by atoms with E-state index in [-0.39, 0.29) is 0 Å². The summed E-state index contributed by atoms with van der Waals surface area (Å²) in [5, 5.41) is 3.50. The summed E-state index contributed by atoms with van der Waals surface area (Å²) in [6.07, 6.45) is 2.37. The summed E-state index contributed by atoms with van der Waals surface area (Å²) >= 11 is 2.02. The minimum absolute atomic E-state index is 0.651. The maximum atomic E-state index is 3.88. The van der Waals surface area contributed by atoms with E-state index in [2.05, 4.69) is 32.7 Å². The zero-order valence-electron chi connectivity index (χ0n) is 9.23. The Hall–Kier alpha value is 0.0500. The fourth-order valence-corrected chi connectivity index (χ4v) is 1.85. The second-order valence-electron chi connectivity index (χ2n) is 3.55. The fourth-order valence-electron chi connectivity index (χ4n) is 1.04. The molecule has 78 valence electrons. The molecular weight excluding hydrogens is 178 g/mol. The second-order valence-corrected chi connectivity index (χ2v) is 4.94. The highest BCUT2D eigenvalue weighted by molar-refractivity contribution is 7.99. The quantitative estimate of drug-likeness (QED) is 0.478. The molecule has 0 radical (unpaired) electrons. The van der Waals surface area contributed by atoms with Crippen LogP contribution in [0.1, 0.15) is 33.6 Å². The first-order chi connectivity index (χ1) is 6.16. The minimum Gasteiger partial charge on any atom is -0.314 e. The maximum Gasteiger partial charge on any atom is 0.00467 e. The molecule has 0 aromatic heterocycles. The van der Waals surface area contributed by atoms with Crippen molar-refractivity contribution in [1.82, 2.24) is 5.32 Å². The molecule has 0 rings (SSSR count). The molecule has 13 heavy (non-hydrogen) atoms. The van der Waals surface area contributed by atoms with Gasteiger partial charge in [0.1, 0.15) is 0 Å². The van der Waals surface area contributed by atoms with Crippen molar-refractivity contribution in [2.45, 2.75) is 39.7 Å². The Morgan fingerprint density at radius 2 is 2.23 bits per heavy atom. The predicted molar refractivity (Wildman–Crippen MR) is 64.5 cm³/mol. The second kappa shape index (κ2) is 8.64. The Morgan fingerprint density at radius 3 is 2.77 bits per heavy atom. The van der Waals surface area contributed by atoms with E-state index in [1.807, 2.05) is 11.8 Å². The van der Waals surface area contributed by atoms with Gasteiger partial charge in [-0.1, -0.05) is 12.5 Å². The topological polar surface area (TPSA) is 12.0 Å².